The van der Waals surface area contributed by atoms with E-state index >= 15 is 0 Å². The molecule has 0 bridgehead atoms. The minimum absolute atomic E-state index is 0.0176. The van der Waals surface area contributed by atoms with Crippen molar-refractivity contribution in [3.8, 4) is 0 Å². The summed E-state index contributed by atoms with van der Waals surface area (Å²) in [7, 11) is 0. The largest absolute Gasteiger partial charge is 0.387 e. The van der Waals surface area contributed by atoms with E-state index in [1.54, 1.807) is 11.3 Å². The minimum Gasteiger partial charge on any atom is -0.387 e. The number of aliphatic hydroxyl groups is 1. The molecule has 2 nitrogen and oxygen atoms in total. The lowest BCUT2D eigenvalue weighted by Gasteiger charge is -2.12. The average Bonchev–Trinajstić information content (AvgIpc) is 2.71. The standard InChI is InChI=1S/C15H17F2NOS/c1-9-5-12(20-10(9)2)7-18-8-15(19)13-6-11(16)3-4-14(13)17/h3-6,15,18-19H,7-8H2,1-2H3. The molecule has 0 radical (unpaired) electrons. The Labute approximate surface area is 121 Å². The Morgan fingerprint density at radius 1 is 1.25 bits per heavy atom. The Hall–Kier alpha value is -1.30. The van der Waals surface area contributed by atoms with Gasteiger partial charge in [0.25, 0.3) is 0 Å². The fraction of sp³-hybridized carbons (Fsp3) is 0.333. The molecule has 108 valence electrons. The van der Waals surface area contributed by atoms with Crippen LogP contribution in [0, 0.1) is 25.5 Å². The second kappa shape index (κ2) is 6.43. The van der Waals surface area contributed by atoms with Crippen LogP contribution in [0.4, 0.5) is 8.78 Å². The van der Waals surface area contributed by atoms with Gasteiger partial charge in [-0.1, -0.05) is 0 Å². The van der Waals surface area contributed by atoms with Gasteiger partial charge in [0.05, 0.1) is 6.10 Å². The highest BCUT2D eigenvalue weighted by Crippen LogP contribution is 2.21. The molecule has 1 atom stereocenters. The van der Waals surface area contributed by atoms with Crippen LogP contribution in [0.2, 0.25) is 0 Å². The van der Waals surface area contributed by atoms with Gasteiger partial charge in [-0.25, -0.2) is 8.78 Å². The molecule has 20 heavy (non-hydrogen) atoms. The fourth-order valence-corrected chi connectivity index (χ4v) is 2.97. The zero-order chi connectivity index (χ0) is 14.7. The summed E-state index contributed by atoms with van der Waals surface area (Å²) in [5, 5.41) is 13.0. The molecule has 0 amide bonds. The average molecular weight is 297 g/mol. The second-order valence-electron chi connectivity index (χ2n) is 4.76. The lowest BCUT2D eigenvalue weighted by molar-refractivity contribution is 0.169. The first kappa shape index (κ1) is 15.1. The van der Waals surface area contributed by atoms with Crippen molar-refractivity contribution >= 4 is 11.3 Å². The van der Waals surface area contributed by atoms with Gasteiger partial charge in [-0.15, -0.1) is 11.3 Å². The van der Waals surface area contributed by atoms with Crippen molar-refractivity contribution in [2.24, 2.45) is 0 Å². The highest BCUT2D eigenvalue weighted by molar-refractivity contribution is 7.12. The van der Waals surface area contributed by atoms with Crippen LogP contribution in [0.3, 0.4) is 0 Å². The van der Waals surface area contributed by atoms with Gasteiger partial charge >= 0.3 is 0 Å². The summed E-state index contributed by atoms with van der Waals surface area (Å²) in [4.78, 5) is 2.42. The minimum atomic E-state index is -1.06. The van der Waals surface area contributed by atoms with E-state index in [2.05, 4.69) is 18.3 Å². The Morgan fingerprint density at radius 3 is 2.65 bits per heavy atom. The van der Waals surface area contributed by atoms with E-state index in [0.29, 0.717) is 6.54 Å². The molecule has 5 heteroatoms. The SMILES string of the molecule is Cc1cc(CNCC(O)c2cc(F)ccc2F)sc1C. The van der Waals surface area contributed by atoms with Crippen molar-refractivity contribution in [3.05, 3.63) is 56.8 Å². The number of benzene rings is 1. The van der Waals surface area contributed by atoms with E-state index in [4.69, 9.17) is 0 Å². The second-order valence-corrected chi connectivity index (χ2v) is 6.11. The highest BCUT2D eigenvalue weighted by atomic mass is 32.1. The molecule has 0 saturated carbocycles. The van der Waals surface area contributed by atoms with Gasteiger partial charge in [-0.2, -0.15) is 0 Å². The molecule has 0 spiro atoms. The molecular weight excluding hydrogens is 280 g/mol. The summed E-state index contributed by atoms with van der Waals surface area (Å²) in [5.41, 5.74) is 1.22. The molecule has 2 aromatic rings. The third-order valence-corrected chi connectivity index (χ3v) is 4.32. The normalized spacial score (nSPS) is 12.7. The molecule has 2 N–H and O–H groups in total. The number of thiophene rings is 1. The molecule has 1 aromatic heterocycles. The first-order valence-electron chi connectivity index (χ1n) is 6.37. The van der Waals surface area contributed by atoms with Gasteiger partial charge in [-0.05, 0) is 43.7 Å². The van der Waals surface area contributed by atoms with E-state index in [9.17, 15) is 13.9 Å². The molecule has 1 heterocycles. The molecule has 0 aliphatic carbocycles. The van der Waals surface area contributed by atoms with E-state index < -0.39 is 17.7 Å². The van der Waals surface area contributed by atoms with E-state index in [1.165, 1.54) is 10.4 Å². The van der Waals surface area contributed by atoms with E-state index in [1.807, 2.05) is 6.92 Å². The summed E-state index contributed by atoms with van der Waals surface area (Å²) >= 11 is 1.69. The van der Waals surface area contributed by atoms with Crippen molar-refractivity contribution in [3.63, 3.8) is 0 Å². The van der Waals surface area contributed by atoms with E-state index in [0.717, 1.165) is 23.1 Å². The van der Waals surface area contributed by atoms with Crippen LogP contribution in [0.25, 0.3) is 0 Å². The first-order chi connectivity index (χ1) is 9.47. The van der Waals surface area contributed by atoms with E-state index in [-0.39, 0.29) is 12.1 Å². The summed E-state index contributed by atoms with van der Waals surface area (Å²) in [5.74, 6) is -1.14. The molecule has 1 aromatic carbocycles. The maximum absolute atomic E-state index is 13.5. The predicted molar refractivity (Wildman–Crippen MR) is 76.8 cm³/mol. The van der Waals surface area contributed by atoms with Gasteiger partial charge < -0.3 is 10.4 Å². The molecule has 1 unspecified atom stereocenters. The van der Waals surface area contributed by atoms with Crippen molar-refractivity contribution in [1.82, 2.24) is 5.32 Å². The number of halogens is 2. The maximum Gasteiger partial charge on any atom is 0.129 e. The van der Waals surface area contributed by atoms with Crippen LogP contribution in [-0.4, -0.2) is 11.7 Å². The van der Waals surface area contributed by atoms with Gasteiger partial charge in [-0.3, -0.25) is 0 Å². The molecule has 2 rings (SSSR count). The number of nitrogens with one attached hydrogen (secondary N) is 1. The molecular formula is C15H17F2NOS. The number of hydrogen-bond acceptors (Lipinski definition) is 3. The van der Waals surface area contributed by atoms with Crippen LogP contribution in [0.1, 0.15) is 27.0 Å². The van der Waals surface area contributed by atoms with Gasteiger partial charge in [0.15, 0.2) is 0 Å². The Bertz CT molecular complexity index is 578. The first-order valence-corrected chi connectivity index (χ1v) is 7.18. The molecule has 0 saturated heterocycles. The zero-order valence-corrected chi connectivity index (χ0v) is 12.2. The number of rotatable bonds is 5. The van der Waals surface area contributed by atoms with Gasteiger partial charge in [0, 0.05) is 28.4 Å². The zero-order valence-electron chi connectivity index (χ0n) is 11.4. The maximum atomic E-state index is 13.5. The molecule has 0 fully saturated rings. The van der Waals surface area contributed by atoms with Crippen molar-refractivity contribution in [2.75, 3.05) is 6.54 Å². The van der Waals surface area contributed by atoms with Crippen molar-refractivity contribution < 1.29 is 13.9 Å². The number of aliphatic hydroxyl groups excluding tert-OH is 1. The van der Waals surface area contributed by atoms with Crippen LogP contribution < -0.4 is 5.32 Å². The topological polar surface area (TPSA) is 32.3 Å². The van der Waals surface area contributed by atoms with Crippen LogP contribution in [-0.2, 0) is 6.54 Å². The lowest BCUT2D eigenvalue weighted by Crippen LogP contribution is -2.21. The molecule has 0 aliphatic rings. The summed E-state index contributed by atoms with van der Waals surface area (Å²) in [6.45, 7) is 4.89. The van der Waals surface area contributed by atoms with Crippen LogP contribution in [0.15, 0.2) is 24.3 Å². The van der Waals surface area contributed by atoms with Crippen LogP contribution in [0.5, 0.6) is 0 Å². The van der Waals surface area contributed by atoms with Gasteiger partial charge in [0.2, 0.25) is 0 Å². The van der Waals surface area contributed by atoms with Crippen molar-refractivity contribution in [2.45, 2.75) is 26.5 Å². The molecule has 0 aliphatic heterocycles. The van der Waals surface area contributed by atoms with Crippen molar-refractivity contribution in [1.29, 1.82) is 0 Å². The van der Waals surface area contributed by atoms with Gasteiger partial charge in [0.1, 0.15) is 11.6 Å². The Morgan fingerprint density at radius 2 is 2.00 bits per heavy atom. The predicted octanol–water partition coefficient (Wildman–Crippen LogP) is 3.47. The third-order valence-electron chi connectivity index (χ3n) is 3.17. The smallest absolute Gasteiger partial charge is 0.129 e. The Balaban J connectivity index is 1.92. The Kier molecular flexibility index (Phi) is 4.86. The lowest BCUT2D eigenvalue weighted by atomic mass is 10.1. The third kappa shape index (κ3) is 3.62. The fourth-order valence-electron chi connectivity index (χ4n) is 1.95. The number of aryl methyl sites for hydroxylation is 2. The highest BCUT2D eigenvalue weighted by Gasteiger charge is 2.13. The summed E-state index contributed by atoms with van der Waals surface area (Å²) < 4.78 is 26.5. The number of hydrogen-bond donors (Lipinski definition) is 2. The van der Waals surface area contributed by atoms with Crippen LogP contribution >= 0.6 is 11.3 Å². The summed E-state index contributed by atoms with van der Waals surface area (Å²) in [6.07, 6.45) is -1.06. The monoisotopic (exact) mass is 297 g/mol. The summed E-state index contributed by atoms with van der Waals surface area (Å²) in [6, 6.07) is 5.18. The quantitative estimate of drug-likeness (QED) is 0.886.